The van der Waals surface area contributed by atoms with Crippen LogP contribution in [0.1, 0.15) is 59.6 Å². The first-order chi connectivity index (χ1) is 21.1. The summed E-state index contributed by atoms with van der Waals surface area (Å²) in [6.07, 6.45) is 0.0427. The SMILES string of the molecule is [2H]C([2H])(NC(=O)N(C1CCN(C([2H])([2H])[2H])CC1)C([2H])([2H])c1ccc(F)cc1)c1ccc(OC([2H])([2H])C([2H])(C([2H])([2H])[2H])C([2H])([2H])[2H])cc1. The van der Waals surface area contributed by atoms with Crippen molar-refractivity contribution < 1.29 is 35.9 Å². The van der Waals surface area contributed by atoms with E-state index in [1.165, 1.54) is 4.90 Å². The third-order valence-electron chi connectivity index (χ3n) is 4.58. The van der Waals surface area contributed by atoms with E-state index in [1.54, 1.807) is 0 Å². The minimum absolute atomic E-state index is 0.0184. The minimum Gasteiger partial charge on any atom is -0.493 e. The summed E-state index contributed by atoms with van der Waals surface area (Å²) in [5, 5.41) is 2.12. The van der Waals surface area contributed by atoms with Crippen LogP contribution in [0, 0.1) is 11.7 Å². The Hall–Kier alpha value is -2.60. The van der Waals surface area contributed by atoms with Crippen LogP contribution in [0.4, 0.5) is 9.18 Å². The molecule has 5 nitrogen and oxygen atoms in total. The summed E-state index contributed by atoms with van der Waals surface area (Å²) in [5.74, 6) is -4.82. The number of rotatable bonds is 8. The molecule has 1 saturated heterocycles. The van der Waals surface area contributed by atoms with Gasteiger partial charge in [-0.05, 0) is 74.2 Å². The second-order valence-corrected chi connectivity index (χ2v) is 6.87. The molecule has 2 aromatic carbocycles. The molecule has 1 heterocycles. The van der Waals surface area contributed by atoms with Gasteiger partial charge in [-0.25, -0.2) is 9.18 Å². The van der Waals surface area contributed by atoms with Crippen molar-refractivity contribution in [1.82, 2.24) is 15.1 Å². The van der Waals surface area contributed by atoms with Crippen molar-refractivity contribution in [3.63, 3.8) is 0 Å². The van der Waals surface area contributed by atoms with Gasteiger partial charge in [-0.1, -0.05) is 38.0 Å². The summed E-state index contributed by atoms with van der Waals surface area (Å²) in [5.41, 5.74) is -0.384. The summed E-state index contributed by atoms with van der Waals surface area (Å²) in [7, 11) is 0. The molecule has 2 amide bonds. The Morgan fingerprint density at radius 3 is 2.55 bits per heavy atom. The first kappa shape index (κ1) is 9.90. The van der Waals surface area contributed by atoms with Gasteiger partial charge in [-0.3, -0.25) is 0 Å². The third-order valence-corrected chi connectivity index (χ3v) is 4.58. The van der Waals surface area contributed by atoms with Crippen molar-refractivity contribution in [3.05, 3.63) is 65.5 Å². The molecule has 0 unspecified atom stereocenters. The van der Waals surface area contributed by atoms with Gasteiger partial charge >= 0.3 is 6.03 Å². The molecule has 2 aromatic rings. The molecule has 1 aliphatic heterocycles. The van der Waals surface area contributed by atoms with Crippen molar-refractivity contribution in [3.8, 4) is 5.75 Å². The molecule has 0 spiro atoms. The maximum atomic E-state index is 13.7. The number of hydrogen-bond donors (Lipinski definition) is 1. The van der Waals surface area contributed by atoms with Gasteiger partial charge in [0, 0.05) is 32.7 Å². The molecule has 0 aromatic heterocycles. The lowest BCUT2D eigenvalue weighted by Crippen LogP contribution is -2.49. The van der Waals surface area contributed by atoms with E-state index >= 15 is 0 Å². The fourth-order valence-electron chi connectivity index (χ4n) is 3.00. The highest BCUT2D eigenvalue weighted by atomic mass is 19.1. The maximum Gasteiger partial charge on any atom is 0.318 e. The van der Waals surface area contributed by atoms with Gasteiger partial charge in [0.2, 0.25) is 0 Å². The Morgan fingerprint density at radius 1 is 1.23 bits per heavy atom. The molecule has 168 valence electrons. The van der Waals surface area contributed by atoms with Crippen LogP contribution in [0.15, 0.2) is 48.5 Å². The van der Waals surface area contributed by atoms with Crippen molar-refractivity contribution in [2.24, 2.45) is 5.89 Å². The van der Waals surface area contributed by atoms with Gasteiger partial charge in [0.25, 0.3) is 0 Å². The van der Waals surface area contributed by atoms with E-state index in [0.717, 1.165) is 53.4 Å². The number of carbonyl (C=O) groups excluding carboxylic acids is 1. The average Bonchev–Trinajstić information content (AvgIpc) is 2.91. The number of benzene rings is 2. The second-order valence-electron chi connectivity index (χ2n) is 6.87. The lowest BCUT2D eigenvalue weighted by molar-refractivity contribution is 0.127. The quantitative estimate of drug-likeness (QED) is 0.645. The van der Waals surface area contributed by atoms with Crippen LogP contribution in [0.2, 0.25) is 0 Å². The number of likely N-dealkylation sites (tertiary alicyclic amines) is 1. The Balaban J connectivity index is 1.89. The predicted molar refractivity (Wildman–Crippen MR) is 121 cm³/mol. The molecule has 0 radical (unpaired) electrons. The molecule has 0 atom stereocenters. The summed E-state index contributed by atoms with van der Waals surface area (Å²) in [6, 6.07) is 6.11. The maximum absolute atomic E-state index is 13.7. The molecule has 1 fully saturated rings. The highest BCUT2D eigenvalue weighted by Gasteiger charge is 2.27. The van der Waals surface area contributed by atoms with Crippen LogP contribution < -0.4 is 10.1 Å². The van der Waals surface area contributed by atoms with E-state index in [-0.39, 0.29) is 37.1 Å². The monoisotopic (exact) mass is 443 g/mol. The number of halogens is 1. The van der Waals surface area contributed by atoms with Gasteiger partial charge in [0.05, 0.1) is 14.8 Å². The van der Waals surface area contributed by atoms with E-state index in [9.17, 15) is 9.18 Å². The molecule has 3 rings (SSSR count). The van der Waals surface area contributed by atoms with E-state index in [0.29, 0.717) is 0 Å². The van der Waals surface area contributed by atoms with Gasteiger partial charge in [0.15, 0.2) is 0 Å². The molecule has 1 aliphatic rings. The molecule has 0 bridgehead atoms. The molecule has 1 N–H and O–H groups in total. The van der Waals surface area contributed by atoms with E-state index in [4.69, 9.17) is 26.7 Å². The van der Waals surface area contributed by atoms with Gasteiger partial charge in [-0.2, -0.15) is 0 Å². The summed E-state index contributed by atoms with van der Waals surface area (Å²) in [6.45, 7) is -18.7. The van der Waals surface area contributed by atoms with Crippen LogP contribution >= 0.6 is 0 Å². The molecule has 0 aliphatic carbocycles. The van der Waals surface area contributed by atoms with Crippen molar-refractivity contribution >= 4 is 6.03 Å². The average molecular weight is 444 g/mol. The van der Waals surface area contributed by atoms with E-state index in [1.807, 2.05) is 0 Å². The lowest BCUT2D eigenvalue weighted by atomic mass is 10.0. The van der Waals surface area contributed by atoms with Crippen molar-refractivity contribution in [1.29, 1.82) is 0 Å². The molecular weight excluding hydrogens is 393 g/mol. The van der Waals surface area contributed by atoms with Crippen LogP contribution in [0.5, 0.6) is 5.75 Å². The Bertz CT molecular complexity index is 1370. The van der Waals surface area contributed by atoms with Gasteiger partial charge in [-0.15, -0.1) is 0 Å². The van der Waals surface area contributed by atoms with Crippen molar-refractivity contribution in [2.45, 2.75) is 45.6 Å². The largest absolute Gasteiger partial charge is 0.493 e. The normalized spacial score (nSPS) is 25.7. The van der Waals surface area contributed by atoms with Crippen LogP contribution in [-0.4, -0.2) is 48.5 Å². The van der Waals surface area contributed by atoms with Gasteiger partial charge < -0.3 is 19.9 Å². The number of piperidine rings is 1. The zero-order valence-corrected chi connectivity index (χ0v) is 16.6. The van der Waals surface area contributed by atoms with E-state index in [2.05, 4.69) is 5.32 Å². The third kappa shape index (κ3) is 7.24. The highest BCUT2D eigenvalue weighted by molar-refractivity contribution is 5.74. The summed E-state index contributed by atoms with van der Waals surface area (Å²) < 4.78 is 145. The number of ether oxygens (including phenoxy) is 1. The fourth-order valence-corrected chi connectivity index (χ4v) is 3.00. The number of carbonyl (C=O) groups is 1. The van der Waals surface area contributed by atoms with Crippen LogP contribution in [0.25, 0.3) is 0 Å². The lowest BCUT2D eigenvalue weighted by Gasteiger charge is -2.37. The topological polar surface area (TPSA) is 44.8 Å². The molecule has 6 heteroatoms. The first-order valence-electron chi connectivity index (χ1n) is 17.6. The standard InChI is InChI=1S/C25H34FN3O2/c1-19(2)18-31-24-10-6-20(7-11-24)16-27-25(30)29(23-12-14-28(3)15-13-23)17-21-4-8-22(26)9-5-21/h4-11,19,23H,12-18H2,1-3H3,(H,27,30)/i1D3,2D3,3D3,16D2,17D2,18D2,19D. The number of nitrogens with one attached hydrogen (secondary N) is 1. The molecule has 31 heavy (non-hydrogen) atoms. The summed E-state index contributed by atoms with van der Waals surface area (Å²) >= 11 is 0. The summed E-state index contributed by atoms with van der Waals surface area (Å²) in [4.78, 5) is 15.6. The molecular formula is C25H34FN3O2. The first-order valence-corrected chi connectivity index (χ1v) is 9.57. The predicted octanol–water partition coefficient (Wildman–Crippen LogP) is 4.67. The number of amides is 2. The second kappa shape index (κ2) is 11.1. The number of urea groups is 1. The zero-order chi connectivity index (χ0) is 36.0. The number of hydrogen-bond acceptors (Lipinski definition) is 3. The number of nitrogens with zero attached hydrogens (tertiary/aromatic N) is 2. The highest BCUT2D eigenvalue weighted by Crippen LogP contribution is 2.19. The van der Waals surface area contributed by atoms with Crippen molar-refractivity contribution in [2.75, 3.05) is 26.6 Å². The Morgan fingerprint density at radius 2 is 1.90 bits per heavy atom. The Kier molecular flexibility index (Phi) is 3.56. The fraction of sp³-hybridized carbons (Fsp3) is 0.480. The molecule has 0 saturated carbocycles. The van der Waals surface area contributed by atoms with Gasteiger partial charge in [0.1, 0.15) is 11.6 Å². The van der Waals surface area contributed by atoms with Crippen LogP contribution in [-0.2, 0) is 13.0 Å². The van der Waals surface area contributed by atoms with E-state index < -0.39 is 69.8 Å². The Labute approximate surface area is 207 Å². The van der Waals surface area contributed by atoms with Crippen LogP contribution in [0.3, 0.4) is 0 Å². The zero-order valence-electron chi connectivity index (χ0n) is 32.6. The smallest absolute Gasteiger partial charge is 0.318 e. The minimum atomic E-state index is -3.71.